The molecule has 0 atom stereocenters. The van der Waals surface area contributed by atoms with Crippen LogP contribution in [0.1, 0.15) is 22.3 Å². The number of ether oxygens (including phenoxy) is 2. The molecule has 3 rings (SSSR count). The van der Waals surface area contributed by atoms with Gasteiger partial charge in [-0.1, -0.05) is 41.4 Å². The van der Waals surface area contributed by atoms with Gasteiger partial charge >= 0.3 is 0 Å². The van der Waals surface area contributed by atoms with Crippen molar-refractivity contribution >= 4 is 29.4 Å². The summed E-state index contributed by atoms with van der Waals surface area (Å²) in [6, 6.07) is 20.3. The van der Waals surface area contributed by atoms with E-state index >= 15 is 0 Å². The summed E-state index contributed by atoms with van der Waals surface area (Å²) in [6.07, 6.45) is 1.67. The van der Waals surface area contributed by atoms with E-state index in [4.69, 9.17) is 37.9 Å². The molecule has 7 heteroatoms. The lowest BCUT2D eigenvalue weighted by molar-refractivity contribution is 0.284. The van der Waals surface area contributed by atoms with Gasteiger partial charge in [0.25, 0.3) is 0 Å². The largest absolute Gasteiger partial charge is 0.493 e. The highest BCUT2D eigenvalue weighted by molar-refractivity contribution is 6.35. The fraction of sp³-hybridized carbons (Fsp3) is 0.130. The minimum Gasteiger partial charge on any atom is -0.493 e. The summed E-state index contributed by atoms with van der Waals surface area (Å²) in [5, 5.41) is 14.4. The molecule has 0 heterocycles. The van der Waals surface area contributed by atoms with Crippen molar-refractivity contribution in [1.29, 1.82) is 5.26 Å². The third kappa shape index (κ3) is 5.66. The molecule has 3 aromatic rings. The Labute approximate surface area is 185 Å². The van der Waals surface area contributed by atoms with Crippen molar-refractivity contribution in [1.82, 2.24) is 5.43 Å². The highest BCUT2D eigenvalue weighted by Gasteiger charge is 2.07. The number of rotatable bonds is 8. The van der Waals surface area contributed by atoms with Crippen molar-refractivity contribution in [3.63, 3.8) is 0 Å². The third-order valence-corrected chi connectivity index (χ3v) is 4.97. The first-order valence-corrected chi connectivity index (χ1v) is 9.85. The lowest BCUT2D eigenvalue weighted by Crippen LogP contribution is -2.06. The summed E-state index contributed by atoms with van der Waals surface area (Å²) >= 11 is 12.3. The van der Waals surface area contributed by atoms with Crippen molar-refractivity contribution in [3.05, 3.63) is 93.0 Å². The smallest absolute Gasteiger partial charge is 0.161 e. The van der Waals surface area contributed by atoms with Crippen LogP contribution in [-0.4, -0.2) is 13.3 Å². The van der Waals surface area contributed by atoms with Crippen LogP contribution < -0.4 is 14.9 Å². The number of hydrazone groups is 1. The maximum Gasteiger partial charge on any atom is 0.161 e. The molecule has 0 amide bonds. The number of hydrogen-bond donors (Lipinski definition) is 1. The van der Waals surface area contributed by atoms with E-state index in [1.165, 1.54) is 0 Å². The zero-order chi connectivity index (χ0) is 21.3. The van der Waals surface area contributed by atoms with Gasteiger partial charge in [0.05, 0.1) is 31.5 Å². The Bertz CT molecular complexity index is 1070. The Hall–Kier alpha value is -3.20. The molecule has 0 fully saturated rings. The maximum atomic E-state index is 9.00. The van der Waals surface area contributed by atoms with Gasteiger partial charge in [0.1, 0.15) is 6.61 Å². The first kappa shape index (κ1) is 21.5. The average molecular weight is 440 g/mol. The lowest BCUT2D eigenvalue weighted by atomic mass is 10.1. The first-order valence-electron chi connectivity index (χ1n) is 9.09. The highest BCUT2D eigenvalue weighted by Crippen LogP contribution is 2.28. The summed E-state index contributed by atoms with van der Waals surface area (Å²) in [4.78, 5) is 0. The Morgan fingerprint density at radius 3 is 2.53 bits per heavy atom. The van der Waals surface area contributed by atoms with Crippen LogP contribution in [0.5, 0.6) is 11.5 Å². The van der Waals surface area contributed by atoms with Crippen LogP contribution in [0.3, 0.4) is 0 Å². The fourth-order valence-corrected chi connectivity index (χ4v) is 3.25. The summed E-state index contributed by atoms with van der Waals surface area (Å²) < 4.78 is 11.3. The third-order valence-electron chi connectivity index (χ3n) is 4.26. The van der Waals surface area contributed by atoms with Crippen LogP contribution in [0.2, 0.25) is 10.0 Å². The topological polar surface area (TPSA) is 66.6 Å². The molecule has 0 spiro atoms. The molecule has 3 aromatic carbocycles. The summed E-state index contributed by atoms with van der Waals surface area (Å²) in [5.41, 5.74) is 6.08. The summed E-state index contributed by atoms with van der Waals surface area (Å²) in [5.74, 6) is 1.19. The van der Waals surface area contributed by atoms with E-state index in [1.54, 1.807) is 43.7 Å². The molecule has 0 aliphatic rings. The molecule has 1 N–H and O–H groups in total. The minimum absolute atomic E-state index is 0.333. The Morgan fingerprint density at radius 2 is 1.80 bits per heavy atom. The van der Waals surface area contributed by atoms with Gasteiger partial charge in [-0.2, -0.15) is 10.4 Å². The summed E-state index contributed by atoms with van der Waals surface area (Å²) in [6.45, 7) is 0.745. The van der Waals surface area contributed by atoms with Gasteiger partial charge in [0.2, 0.25) is 0 Å². The molecule has 0 aliphatic carbocycles. The number of nitrogens with one attached hydrogen (secondary N) is 1. The van der Waals surface area contributed by atoms with Crippen molar-refractivity contribution in [2.24, 2.45) is 5.10 Å². The second-order valence-electron chi connectivity index (χ2n) is 6.30. The molecule has 0 bridgehead atoms. The predicted molar refractivity (Wildman–Crippen MR) is 119 cm³/mol. The lowest BCUT2D eigenvalue weighted by Gasteiger charge is -2.11. The zero-order valence-corrected chi connectivity index (χ0v) is 17.7. The van der Waals surface area contributed by atoms with E-state index in [2.05, 4.69) is 16.6 Å². The maximum absolute atomic E-state index is 9.00. The summed E-state index contributed by atoms with van der Waals surface area (Å²) in [7, 11) is 1.58. The van der Waals surface area contributed by atoms with E-state index in [0.29, 0.717) is 40.3 Å². The Balaban J connectivity index is 1.62. The zero-order valence-electron chi connectivity index (χ0n) is 16.2. The van der Waals surface area contributed by atoms with E-state index in [1.807, 2.05) is 30.3 Å². The predicted octanol–water partition coefficient (Wildman–Crippen LogP) is 5.58. The number of methoxy groups -OCH3 is 1. The first-order chi connectivity index (χ1) is 14.6. The van der Waals surface area contributed by atoms with Crippen molar-refractivity contribution in [2.45, 2.75) is 13.2 Å². The number of hydrogen-bond acceptors (Lipinski definition) is 5. The second kappa shape index (κ2) is 10.5. The van der Waals surface area contributed by atoms with Crippen LogP contribution in [0.15, 0.2) is 65.8 Å². The van der Waals surface area contributed by atoms with Gasteiger partial charge < -0.3 is 14.9 Å². The molecule has 0 radical (unpaired) electrons. The standard InChI is InChI=1S/C23H19Cl2N3O2/c1-29-23-11-17(13-27-28-14-19-20(24)6-3-7-21(19)25)8-9-22(23)30-15-18-5-2-4-16(10-18)12-26/h2-11,13,28H,14-15H2,1H3/b27-13-. The number of benzene rings is 3. The van der Waals surface area contributed by atoms with Gasteiger partial charge in [0, 0.05) is 15.6 Å². The number of halogens is 2. The molecule has 5 nitrogen and oxygen atoms in total. The molecular weight excluding hydrogens is 421 g/mol. The SMILES string of the molecule is COc1cc(/C=N\NCc2c(Cl)cccc2Cl)ccc1OCc1cccc(C#N)c1. The van der Waals surface area contributed by atoms with Crippen LogP contribution in [0, 0.1) is 11.3 Å². The second-order valence-corrected chi connectivity index (χ2v) is 7.12. The molecule has 30 heavy (non-hydrogen) atoms. The van der Waals surface area contributed by atoms with E-state index in [-0.39, 0.29) is 0 Å². The van der Waals surface area contributed by atoms with Crippen LogP contribution in [-0.2, 0) is 13.2 Å². The van der Waals surface area contributed by atoms with Crippen molar-refractivity contribution < 1.29 is 9.47 Å². The van der Waals surface area contributed by atoms with Gasteiger partial charge in [-0.05, 0) is 53.6 Å². The molecular formula is C23H19Cl2N3O2. The van der Waals surface area contributed by atoms with E-state index < -0.39 is 0 Å². The number of nitriles is 1. The van der Waals surface area contributed by atoms with Crippen LogP contribution >= 0.6 is 23.2 Å². The number of nitrogens with zero attached hydrogens (tertiary/aromatic N) is 2. The highest BCUT2D eigenvalue weighted by atomic mass is 35.5. The molecule has 0 aromatic heterocycles. The molecule has 0 aliphatic heterocycles. The van der Waals surface area contributed by atoms with E-state index in [9.17, 15) is 0 Å². The quantitative estimate of drug-likeness (QED) is 0.367. The van der Waals surface area contributed by atoms with Gasteiger partial charge in [-0.25, -0.2) is 0 Å². The normalized spacial score (nSPS) is 10.6. The molecule has 152 valence electrons. The average Bonchev–Trinajstić information content (AvgIpc) is 2.77. The molecule has 0 unspecified atom stereocenters. The Kier molecular flexibility index (Phi) is 7.56. The van der Waals surface area contributed by atoms with Gasteiger partial charge in [-0.3, -0.25) is 0 Å². The molecule has 0 saturated heterocycles. The minimum atomic E-state index is 0.333. The van der Waals surface area contributed by atoms with Crippen molar-refractivity contribution in [3.8, 4) is 17.6 Å². The monoisotopic (exact) mass is 439 g/mol. The van der Waals surface area contributed by atoms with Crippen LogP contribution in [0.4, 0.5) is 0 Å². The van der Waals surface area contributed by atoms with Gasteiger partial charge in [0.15, 0.2) is 11.5 Å². The Morgan fingerprint density at radius 1 is 1.03 bits per heavy atom. The van der Waals surface area contributed by atoms with Crippen LogP contribution in [0.25, 0.3) is 0 Å². The van der Waals surface area contributed by atoms with Gasteiger partial charge in [-0.15, -0.1) is 0 Å². The van der Waals surface area contributed by atoms with Crippen molar-refractivity contribution in [2.75, 3.05) is 7.11 Å². The van der Waals surface area contributed by atoms with E-state index in [0.717, 1.165) is 16.7 Å². The molecule has 0 saturated carbocycles. The fourth-order valence-electron chi connectivity index (χ4n) is 2.72.